The number of hydrogen-bond acceptors (Lipinski definition) is 3. The third-order valence-electron chi connectivity index (χ3n) is 2.73. The monoisotopic (exact) mass is 225 g/mol. The lowest BCUT2D eigenvalue weighted by Gasteiger charge is -2.17. The first-order chi connectivity index (χ1) is 7.61. The maximum Gasteiger partial charge on any atom is 0.161 e. The summed E-state index contributed by atoms with van der Waals surface area (Å²) >= 11 is 0. The van der Waals surface area contributed by atoms with Crippen LogP contribution in [0.15, 0.2) is 6.20 Å². The molecule has 0 fully saturated rings. The fraction of sp³-hybridized carbons (Fsp3) is 0.750. The van der Waals surface area contributed by atoms with Gasteiger partial charge in [-0.25, -0.2) is 0 Å². The number of hydrogen-bond donors (Lipinski definition) is 1. The average molecular weight is 225 g/mol. The summed E-state index contributed by atoms with van der Waals surface area (Å²) in [6.45, 7) is 6.37. The summed E-state index contributed by atoms with van der Waals surface area (Å²) in [5, 5.41) is 4.33. The van der Waals surface area contributed by atoms with E-state index in [0.717, 1.165) is 30.7 Å². The predicted octanol–water partition coefficient (Wildman–Crippen LogP) is 2.66. The normalized spacial score (nSPS) is 13.1. The number of nitrogens with zero attached hydrogens (tertiary/aromatic N) is 2. The van der Waals surface area contributed by atoms with E-state index in [0.29, 0.717) is 6.04 Å². The minimum absolute atomic E-state index is 0.0137. The quantitative estimate of drug-likeness (QED) is 0.809. The van der Waals surface area contributed by atoms with E-state index < -0.39 is 0 Å². The Hall–Kier alpha value is -1.03. The highest BCUT2D eigenvalue weighted by molar-refractivity contribution is 5.28. The molecule has 4 nitrogen and oxygen atoms in total. The number of methoxy groups -OCH3 is 1. The fourth-order valence-corrected chi connectivity index (χ4v) is 1.84. The molecule has 1 heterocycles. The third-order valence-corrected chi connectivity index (χ3v) is 2.73. The van der Waals surface area contributed by atoms with Crippen molar-refractivity contribution < 1.29 is 4.74 Å². The molecule has 1 aromatic rings. The van der Waals surface area contributed by atoms with Crippen LogP contribution in [-0.4, -0.2) is 16.9 Å². The lowest BCUT2D eigenvalue weighted by molar-refractivity contribution is 0.392. The summed E-state index contributed by atoms with van der Waals surface area (Å²) in [5.74, 6) is 0.803. The highest BCUT2D eigenvalue weighted by Gasteiger charge is 2.19. The van der Waals surface area contributed by atoms with Crippen LogP contribution in [0.4, 0.5) is 0 Å². The minimum atomic E-state index is 0.0137. The first-order valence-corrected chi connectivity index (χ1v) is 5.98. The van der Waals surface area contributed by atoms with Crippen LogP contribution in [-0.2, 0) is 0 Å². The second-order valence-corrected chi connectivity index (χ2v) is 4.39. The molecule has 0 aliphatic rings. The highest BCUT2D eigenvalue weighted by atomic mass is 16.5. The standard InChI is InChI=1S/C12H23N3O/c1-5-6-7-10(13)12-11(16-4)8-14-15(12)9(2)3/h8-10H,5-7,13H2,1-4H3. The summed E-state index contributed by atoms with van der Waals surface area (Å²) in [6, 6.07) is 0.325. The molecule has 0 spiro atoms. The molecule has 0 aliphatic heterocycles. The van der Waals surface area contributed by atoms with Gasteiger partial charge in [-0.15, -0.1) is 0 Å². The van der Waals surface area contributed by atoms with Crippen molar-refractivity contribution >= 4 is 0 Å². The Balaban J connectivity index is 2.93. The van der Waals surface area contributed by atoms with E-state index in [4.69, 9.17) is 10.5 Å². The molecule has 0 amide bonds. The molecule has 1 rings (SSSR count). The number of ether oxygens (including phenoxy) is 1. The maximum absolute atomic E-state index is 6.20. The number of aromatic nitrogens is 2. The van der Waals surface area contributed by atoms with Gasteiger partial charge in [-0.05, 0) is 20.3 Å². The first kappa shape index (κ1) is 13.0. The molecule has 4 heteroatoms. The molecule has 0 aliphatic carbocycles. The van der Waals surface area contributed by atoms with E-state index in [1.54, 1.807) is 13.3 Å². The van der Waals surface area contributed by atoms with Gasteiger partial charge in [0.2, 0.25) is 0 Å². The van der Waals surface area contributed by atoms with Gasteiger partial charge in [-0.1, -0.05) is 19.8 Å². The van der Waals surface area contributed by atoms with Crippen LogP contribution in [0.25, 0.3) is 0 Å². The smallest absolute Gasteiger partial charge is 0.161 e. The van der Waals surface area contributed by atoms with Crippen LogP contribution in [0, 0.1) is 0 Å². The van der Waals surface area contributed by atoms with Gasteiger partial charge in [0.05, 0.1) is 25.0 Å². The Bertz CT molecular complexity index is 320. The van der Waals surface area contributed by atoms with E-state index >= 15 is 0 Å². The molecule has 1 atom stereocenters. The Morgan fingerprint density at radius 1 is 1.50 bits per heavy atom. The molecule has 16 heavy (non-hydrogen) atoms. The van der Waals surface area contributed by atoms with Gasteiger partial charge in [-0.2, -0.15) is 5.10 Å². The van der Waals surface area contributed by atoms with Crippen molar-refractivity contribution in [2.24, 2.45) is 5.73 Å². The van der Waals surface area contributed by atoms with Crippen molar-refractivity contribution in [1.29, 1.82) is 0 Å². The van der Waals surface area contributed by atoms with E-state index in [1.165, 1.54) is 0 Å². The zero-order chi connectivity index (χ0) is 12.1. The Morgan fingerprint density at radius 2 is 2.19 bits per heavy atom. The van der Waals surface area contributed by atoms with Crippen molar-refractivity contribution in [1.82, 2.24) is 9.78 Å². The molecule has 0 radical (unpaired) electrons. The summed E-state index contributed by atoms with van der Waals surface area (Å²) in [7, 11) is 1.66. The van der Waals surface area contributed by atoms with E-state index in [2.05, 4.69) is 25.9 Å². The van der Waals surface area contributed by atoms with Crippen LogP contribution in [0.5, 0.6) is 5.75 Å². The second kappa shape index (κ2) is 5.89. The van der Waals surface area contributed by atoms with Crippen molar-refractivity contribution in [3.05, 3.63) is 11.9 Å². The van der Waals surface area contributed by atoms with Crippen LogP contribution in [0.2, 0.25) is 0 Å². The van der Waals surface area contributed by atoms with E-state index in [9.17, 15) is 0 Å². The zero-order valence-corrected chi connectivity index (χ0v) is 10.7. The highest BCUT2D eigenvalue weighted by Crippen LogP contribution is 2.28. The number of rotatable bonds is 6. The first-order valence-electron chi connectivity index (χ1n) is 5.98. The van der Waals surface area contributed by atoms with Crippen LogP contribution < -0.4 is 10.5 Å². The van der Waals surface area contributed by atoms with Gasteiger partial charge in [0.25, 0.3) is 0 Å². The Labute approximate surface area is 97.8 Å². The minimum Gasteiger partial charge on any atom is -0.493 e. The number of unbranched alkanes of at least 4 members (excludes halogenated alkanes) is 1. The van der Waals surface area contributed by atoms with Gasteiger partial charge in [0, 0.05) is 6.04 Å². The van der Waals surface area contributed by atoms with Gasteiger partial charge >= 0.3 is 0 Å². The molecule has 1 unspecified atom stereocenters. The van der Waals surface area contributed by atoms with Crippen LogP contribution in [0.1, 0.15) is 57.8 Å². The zero-order valence-electron chi connectivity index (χ0n) is 10.7. The van der Waals surface area contributed by atoms with Crippen molar-refractivity contribution in [3.63, 3.8) is 0 Å². The predicted molar refractivity (Wildman–Crippen MR) is 65.6 cm³/mol. The number of nitrogens with two attached hydrogens (primary N) is 1. The SMILES string of the molecule is CCCCC(N)c1c(OC)cnn1C(C)C. The maximum atomic E-state index is 6.20. The van der Waals surface area contributed by atoms with Crippen molar-refractivity contribution in [2.45, 2.75) is 52.1 Å². The Morgan fingerprint density at radius 3 is 2.69 bits per heavy atom. The molecule has 2 N–H and O–H groups in total. The summed E-state index contributed by atoms with van der Waals surface area (Å²) in [4.78, 5) is 0. The van der Waals surface area contributed by atoms with E-state index in [-0.39, 0.29) is 6.04 Å². The largest absolute Gasteiger partial charge is 0.493 e. The van der Waals surface area contributed by atoms with E-state index in [1.807, 2.05) is 4.68 Å². The fourth-order valence-electron chi connectivity index (χ4n) is 1.84. The molecule has 0 saturated carbocycles. The van der Waals surface area contributed by atoms with Crippen LogP contribution in [0.3, 0.4) is 0 Å². The molecular weight excluding hydrogens is 202 g/mol. The van der Waals surface area contributed by atoms with Gasteiger partial charge in [-0.3, -0.25) is 4.68 Å². The molecule has 0 saturated heterocycles. The summed E-state index contributed by atoms with van der Waals surface area (Å²) < 4.78 is 7.27. The second-order valence-electron chi connectivity index (χ2n) is 4.39. The molecule has 92 valence electrons. The topological polar surface area (TPSA) is 53.1 Å². The summed E-state index contributed by atoms with van der Waals surface area (Å²) in [6.07, 6.45) is 5.02. The molecule has 0 bridgehead atoms. The lowest BCUT2D eigenvalue weighted by atomic mass is 10.1. The van der Waals surface area contributed by atoms with Gasteiger partial charge < -0.3 is 10.5 Å². The summed E-state index contributed by atoms with van der Waals surface area (Å²) in [5.41, 5.74) is 7.22. The lowest BCUT2D eigenvalue weighted by Crippen LogP contribution is -2.18. The van der Waals surface area contributed by atoms with Crippen molar-refractivity contribution in [2.75, 3.05) is 7.11 Å². The average Bonchev–Trinajstić information content (AvgIpc) is 2.69. The van der Waals surface area contributed by atoms with Crippen LogP contribution >= 0.6 is 0 Å². The molecule has 1 aromatic heterocycles. The Kier molecular flexibility index (Phi) is 4.80. The molecular formula is C12H23N3O. The third kappa shape index (κ3) is 2.76. The molecule has 0 aromatic carbocycles. The van der Waals surface area contributed by atoms with Gasteiger partial charge in [0.1, 0.15) is 0 Å². The van der Waals surface area contributed by atoms with Gasteiger partial charge in [0.15, 0.2) is 5.75 Å². The van der Waals surface area contributed by atoms with Crippen molar-refractivity contribution in [3.8, 4) is 5.75 Å².